The topological polar surface area (TPSA) is 91.8 Å². The van der Waals surface area contributed by atoms with Crippen molar-refractivity contribution in [3.05, 3.63) is 106 Å². The van der Waals surface area contributed by atoms with Crippen LogP contribution in [0.15, 0.2) is 83.5 Å². The molecule has 0 spiro atoms. The third kappa shape index (κ3) is 4.81. The van der Waals surface area contributed by atoms with Crippen LogP contribution in [0, 0.1) is 17.8 Å². The van der Waals surface area contributed by atoms with E-state index in [1.165, 1.54) is 13.0 Å². The van der Waals surface area contributed by atoms with Gasteiger partial charge in [0.1, 0.15) is 5.75 Å². The minimum atomic E-state index is -5.20. The first-order chi connectivity index (χ1) is 21.5. The molecule has 1 N–H and O–H groups in total. The Hall–Kier alpha value is -4.74. The van der Waals surface area contributed by atoms with Gasteiger partial charge in [-0.15, -0.1) is 6.58 Å². The molecule has 0 unspecified atom stereocenters. The van der Waals surface area contributed by atoms with Crippen molar-refractivity contribution in [2.24, 2.45) is 17.8 Å². The molecule has 0 saturated carbocycles. The van der Waals surface area contributed by atoms with E-state index in [0.29, 0.717) is 28.2 Å². The normalized spacial score (nSPS) is 24.8. The summed E-state index contributed by atoms with van der Waals surface area (Å²) in [6.45, 7) is 5.14. The van der Waals surface area contributed by atoms with Gasteiger partial charge in [-0.2, -0.15) is 26.3 Å². The first kappa shape index (κ1) is 31.3. The van der Waals surface area contributed by atoms with E-state index in [2.05, 4.69) is 6.58 Å². The number of allylic oxidation sites excluding steroid dienone is 7. The van der Waals surface area contributed by atoms with Gasteiger partial charge in [0.2, 0.25) is 11.8 Å². The van der Waals surface area contributed by atoms with Crippen molar-refractivity contribution in [2.75, 3.05) is 4.90 Å². The minimum Gasteiger partial charge on any atom is -0.507 e. The van der Waals surface area contributed by atoms with Gasteiger partial charge in [0.05, 0.1) is 28.7 Å². The number of carbonyl (C=O) groups is 4. The molecular weight excluding hydrogens is 616 g/mol. The zero-order valence-electron chi connectivity index (χ0n) is 24.1. The number of benzene rings is 2. The standard InChI is InChI=1S/C34H25F6NO5/c1-3-5-16-6-4-7-21(30(16)44)26-20-8-9-22-27(23(20)14-24-28(26)25(42)10-15(2)29(24)43)32(46)41(31(22)45)19-12-17(33(35,36)37)11-18(13-19)34(38,39)40/h3-4,6-8,10-13,22-23,26-27,44H,1,5,9,14H2,2H3/t22-,23+,26+,27-/m0/s1. The van der Waals surface area contributed by atoms with Gasteiger partial charge >= 0.3 is 12.4 Å². The number of phenols is 1. The Bertz CT molecular complexity index is 1810. The summed E-state index contributed by atoms with van der Waals surface area (Å²) in [5.74, 6) is -7.37. The highest BCUT2D eigenvalue weighted by Crippen LogP contribution is 2.57. The Labute approximate surface area is 258 Å². The second-order valence-corrected chi connectivity index (χ2v) is 11.9. The number of para-hydroxylation sites is 1. The molecule has 4 aliphatic rings. The van der Waals surface area contributed by atoms with Crippen LogP contribution in [0.4, 0.5) is 32.0 Å². The lowest BCUT2D eigenvalue weighted by Crippen LogP contribution is -2.39. The lowest BCUT2D eigenvalue weighted by atomic mass is 9.59. The first-order valence-corrected chi connectivity index (χ1v) is 14.3. The zero-order valence-corrected chi connectivity index (χ0v) is 24.1. The van der Waals surface area contributed by atoms with Gasteiger partial charge < -0.3 is 5.11 Å². The van der Waals surface area contributed by atoms with Crippen molar-refractivity contribution < 1.29 is 50.6 Å². The molecular formula is C34H25F6NO5. The summed E-state index contributed by atoms with van der Waals surface area (Å²) in [6.07, 6.45) is -6.01. The average Bonchev–Trinajstić information content (AvgIpc) is 3.24. The molecule has 3 aliphatic carbocycles. The second-order valence-electron chi connectivity index (χ2n) is 11.9. The molecule has 1 aliphatic heterocycles. The maximum absolute atomic E-state index is 14.0. The van der Waals surface area contributed by atoms with Crippen molar-refractivity contribution in [3.63, 3.8) is 0 Å². The molecule has 0 radical (unpaired) electrons. The van der Waals surface area contributed by atoms with E-state index < -0.39 is 76.2 Å². The Balaban J connectivity index is 1.49. The number of fused-ring (bicyclic) bond motifs is 3. The molecule has 1 fully saturated rings. The number of hydrogen-bond acceptors (Lipinski definition) is 5. The number of hydrogen-bond donors (Lipinski definition) is 1. The highest BCUT2D eigenvalue weighted by atomic mass is 19.4. The molecule has 1 heterocycles. The monoisotopic (exact) mass is 641 g/mol. The summed E-state index contributed by atoms with van der Waals surface area (Å²) < 4.78 is 81.9. The fourth-order valence-corrected chi connectivity index (χ4v) is 7.22. The molecule has 6 rings (SSSR count). The van der Waals surface area contributed by atoms with Crippen molar-refractivity contribution in [3.8, 4) is 5.75 Å². The quantitative estimate of drug-likeness (QED) is 0.172. The molecule has 0 aromatic heterocycles. The second kappa shape index (κ2) is 10.7. The van der Waals surface area contributed by atoms with Crippen LogP contribution < -0.4 is 4.90 Å². The van der Waals surface area contributed by atoms with Crippen LogP contribution in [-0.2, 0) is 38.0 Å². The summed E-state index contributed by atoms with van der Waals surface area (Å²) in [5, 5.41) is 11.3. The number of ketones is 2. The van der Waals surface area contributed by atoms with Gasteiger partial charge in [-0.05, 0) is 61.9 Å². The number of aromatic hydroxyl groups is 1. The van der Waals surface area contributed by atoms with E-state index in [0.717, 1.165) is 0 Å². The fourth-order valence-electron chi connectivity index (χ4n) is 7.22. The maximum atomic E-state index is 14.0. The highest BCUT2D eigenvalue weighted by Gasteiger charge is 2.57. The first-order valence-electron chi connectivity index (χ1n) is 14.3. The smallest absolute Gasteiger partial charge is 0.416 e. The van der Waals surface area contributed by atoms with Crippen molar-refractivity contribution in [2.45, 2.75) is 44.5 Å². The third-order valence-corrected chi connectivity index (χ3v) is 9.22. The molecule has 2 aromatic rings. The number of alkyl halides is 6. The predicted octanol–water partition coefficient (Wildman–Crippen LogP) is 6.79. The van der Waals surface area contributed by atoms with Crippen molar-refractivity contribution in [1.82, 2.24) is 0 Å². The largest absolute Gasteiger partial charge is 0.507 e. The van der Waals surface area contributed by atoms with Gasteiger partial charge in [-0.1, -0.05) is 35.9 Å². The van der Waals surface area contributed by atoms with Gasteiger partial charge in [0.25, 0.3) is 0 Å². The predicted molar refractivity (Wildman–Crippen MR) is 152 cm³/mol. The Morgan fingerprint density at radius 3 is 2.22 bits per heavy atom. The summed E-state index contributed by atoms with van der Waals surface area (Å²) in [7, 11) is 0. The van der Waals surface area contributed by atoms with Crippen molar-refractivity contribution in [1.29, 1.82) is 0 Å². The van der Waals surface area contributed by atoms with E-state index in [9.17, 15) is 50.6 Å². The van der Waals surface area contributed by atoms with Crippen LogP contribution >= 0.6 is 0 Å². The molecule has 12 heteroatoms. The summed E-state index contributed by atoms with van der Waals surface area (Å²) in [5.41, 5.74) is -2.66. The Morgan fingerprint density at radius 1 is 0.957 bits per heavy atom. The lowest BCUT2D eigenvalue weighted by molar-refractivity contribution is -0.143. The van der Waals surface area contributed by atoms with Crippen LogP contribution in [0.25, 0.3) is 0 Å². The number of Topliss-reactive ketones (excluding diaryl/α,β-unsaturated/α-hetero) is 1. The van der Waals surface area contributed by atoms with E-state index in [4.69, 9.17) is 0 Å². The maximum Gasteiger partial charge on any atom is 0.416 e. The average molecular weight is 642 g/mol. The van der Waals surface area contributed by atoms with Gasteiger partial charge in [0, 0.05) is 28.2 Å². The molecule has 238 valence electrons. The van der Waals surface area contributed by atoms with E-state index in [1.807, 2.05) is 0 Å². The number of amides is 2. The van der Waals surface area contributed by atoms with Gasteiger partial charge in [-0.25, -0.2) is 4.90 Å². The fraction of sp³-hybridized carbons (Fsp3) is 0.294. The minimum absolute atomic E-state index is 0.0865. The van der Waals surface area contributed by atoms with E-state index in [-0.39, 0.29) is 53.4 Å². The van der Waals surface area contributed by atoms with E-state index in [1.54, 1.807) is 30.4 Å². The SMILES string of the molecule is C=CCc1cccc([C@H]2C3=CC[C@@H]4C(=O)N(c5cc(C(F)(F)F)cc(C(F)(F)F)c5)C(=O)[C@@H]4[C@@H]3CC3=C2C(=O)C=C(C)C3=O)c1O. The molecule has 4 atom stereocenters. The molecule has 6 nitrogen and oxygen atoms in total. The molecule has 2 aromatic carbocycles. The van der Waals surface area contributed by atoms with Gasteiger partial charge in [0.15, 0.2) is 11.6 Å². The van der Waals surface area contributed by atoms with E-state index >= 15 is 0 Å². The number of anilines is 1. The van der Waals surface area contributed by atoms with Crippen LogP contribution in [0.2, 0.25) is 0 Å². The molecule has 0 bridgehead atoms. The van der Waals surface area contributed by atoms with Crippen LogP contribution in [0.1, 0.15) is 47.9 Å². The Kier molecular flexibility index (Phi) is 7.25. The number of nitrogens with zero attached hydrogens (tertiary/aromatic N) is 1. The number of phenolic OH excluding ortho intramolecular Hbond substituents is 1. The zero-order chi connectivity index (χ0) is 33.5. The number of halogens is 6. The summed E-state index contributed by atoms with van der Waals surface area (Å²) in [6, 6.07) is 5.46. The van der Waals surface area contributed by atoms with Crippen LogP contribution in [0.5, 0.6) is 5.75 Å². The number of rotatable bonds is 4. The summed E-state index contributed by atoms with van der Waals surface area (Å²) >= 11 is 0. The molecule has 1 saturated heterocycles. The van der Waals surface area contributed by atoms with Crippen LogP contribution in [-0.4, -0.2) is 28.5 Å². The lowest BCUT2D eigenvalue weighted by Gasteiger charge is -2.42. The molecule has 46 heavy (non-hydrogen) atoms. The van der Waals surface area contributed by atoms with Crippen molar-refractivity contribution >= 4 is 29.1 Å². The highest BCUT2D eigenvalue weighted by molar-refractivity contribution is 6.25. The molecule has 2 amide bonds. The number of imide groups is 1. The number of carbonyl (C=O) groups excluding carboxylic acids is 4. The van der Waals surface area contributed by atoms with Gasteiger partial charge in [-0.3, -0.25) is 19.2 Å². The van der Waals surface area contributed by atoms with Crippen LogP contribution in [0.3, 0.4) is 0 Å². The third-order valence-electron chi connectivity index (χ3n) is 9.22. The summed E-state index contributed by atoms with van der Waals surface area (Å²) in [4.78, 5) is 54.9. The Morgan fingerprint density at radius 2 is 1.61 bits per heavy atom.